The van der Waals surface area contributed by atoms with Crippen molar-refractivity contribution < 1.29 is 28.6 Å². The second-order valence-corrected chi connectivity index (χ2v) is 24.1. The number of carbonyl (C=O) groups is 3. The van der Waals surface area contributed by atoms with E-state index in [1.54, 1.807) is 0 Å². The molecule has 6 nitrogen and oxygen atoms in total. The van der Waals surface area contributed by atoms with E-state index < -0.39 is 6.10 Å². The van der Waals surface area contributed by atoms with Gasteiger partial charge in [0.2, 0.25) is 0 Å². The van der Waals surface area contributed by atoms with Crippen LogP contribution in [0.3, 0.4) is 0 Å². The van der Waals surface area contributed by atoms with Crippen molar-refractivity contribution in [3.8, 4) is 0 Å². The van der Waals surface area contributed by atoms with Gasteiger partial charge in [-0.05, 0) is 57.8 Å². The average Bonchev–Trinajstić information content (AvgIpc) is 3.47. The molecule has 0 saturated carbocycles. The van der Waals surface area contributed by atoms with Gasteiger partial charge in [-0.1, -0.05) is 370 Å². The predicted octanol–water partition coefficient (Wildman–Crippen LogP) is 24.8. The highest BCUT2D eigenvalue weighted by molar-refractivity contribution is 5.71. The molecule has 0 fully saturated rings. The minimum atomic E-state index is -0.815. The van der Waals surface area contributed by atoms with E-state index in [2.05, 4.69) is 87.6 Å². The molecule has 0 bridgehead atoms. The maximum absolute atomic E-state index is 12.9. The number of hydrogen-bond acceptors (Lipinski definition) is 6. The smallest absolute Gasteiger partial charge is 0.306 e. The number of ether oxygens (including phenoxy) is 3. The minimum absolute atomic E-state index is 0.101. The molecule has 0 amide bonds. The molecule has 0 aromatic rings. The third-order valence-electron chi connectivity index (χ3n) is 16.0. The number of carbonyl (C=O) groups excluding carboxylic acids is 3. The van der Waals surface area contributed by atoms with Gasteiger partial charge in [-0.15, -0.1) is 0 Å². The molecule has 476 valence electrons. The summed E-state index contributed by atoms with van der Waals surface area (Å²) in [5.74, 6) is -0.963. The second-order valence-electron chi connectivity index (χ2n) is 24.1. The van der Waals surface area contributed by atoms with E-state index >= 15 is 0 Å². The Kier molecular flexibility index (Phi) is 67.6. The lowest BCUT2D eigenvalue weighted by molar-refractivity contribution is -0.166. The molecule has 1 unspecified atom stereocenters. The molecule has 0 radical (unpaired) electrons. The Morgan fingerprint density at radius 3 is 0.720 bits per heavy atom. The summed E-state index contributed by atoms with van der Waals surface area (Å²) in [7, 11) is 0. The Balaban J connectivity index is 4.27. The molecule has 82 heavy (non-hydrogen) atoms. The predicted molar refractivity (Wildman–Crippen MR) is 358 cm³/mol. The number of hydrogen-bond donors (Lipinski definition) is 0. The van der Waals surface area contributed by atoms with Crippen molar-refractivity contribution in [2.75, 3.05) is 13.2 Å². The zero-order chi connectivity index (χ0) is 59.2. The fourth-order valence-electron chi connectivity index (χ4n) is 10.7. The van der Waals surface area contributed by atoms with Crippen molar-refractivity contribution in [1.82, 2.24) is 0 Å². The van der Waals surface area contributed by atoms with Crippen molar-refractivity contribution in [2.45, 2.75) is 380 Å². The van der Waals surface area contributed by atoms with Crippen LogP contribution in [0.4, 0.5) is 0 Å². The maximum Gasteiger partial charge on any atom is 0.306 e. The highest BCUT2D eigenvalue weighted by atomic mass is 16.6. The fraction of sp³-hybridized carbons (Fsp3) is 0.803. The molecule has 0 aliphatic carbocycles. The van der Waals surface area contributed by atoms with Crippen molar-refractivity contribution in [3.05, 3.63) is 72.9 Å². The van der Waals surface area contributed by atoms with Crippen LogP contribution in [0, 0.1) is 0 Å². The molecule has 0 aliphatic heterocycles. The summed E-state index contributed by atoms with van der Waals surface area (Å²) < 4.78 is 16.9. The average molecular weight is 1150 g/mol. The van der Waals surface area contributed by atoms with Crippen LogP contribution in [0.1, 0.15) is 374 Å². The Bertz CT molecular complexity index is 1500. The number of rotatable bonds is 66. The zero-order valence-electron chi connectivity index (χ0n) is 54.8. The van der Waals surface area contributed by atoms with Gasteiger partial charge in [0.15, 0.2) is 6.10 Å². The lowest BCUT2D eigenvalue weighted by atomic mass is 10.0. The lowest BCUT2D eigenvalue weighted by Gasteiger charge is -2.18. The number of esters is 3. The van der Waals surface area contributed by atoms with Crippen LogP contribution in [0.2, 0.25) is 0 Å². The summed E-state index contributed by atoms with van der Waals surface area (Å²) >= 11 is 0. The van der Waals surface area contributed by atoms with Crippen LogP contribution >= 0.6 is 0 Å². The topological polar surface area (TPSA) is 78.9 Å². The van der Waals surface area contributed by atoms with Crippen LogP contribution in [-0.4, -0.2) is 37.2 Å². The van der Waals surface area contributed by atoms with Crippen molar-refractivity contribution in [3.63, 3.8) is 0 Å². The molecule has 0 aliphatic rings. The van der Waals surface area contributed by atoms with Crippen LogP contribution in [-0.2, 0) is 28.6 Å². The molecule has 0 rings (SSSR count). The first kappa shape index (κ1) is 78.8. The maximum atomic E-state index is 12.9. The van der Waals surface area contributed by atoms with Gasteiger partial charge < -0.3 is 14.2 Å². The van der Waals surface area contributed by atoms with Crippen molar-refractivity contribution >= 4 is 17.9 Å². The molecule has 0 heterocycles. The Labute approximate surface area is 510 Å². The van der Waals surface area contributed by atoms with Gasteiger partial charge in [-0.3, -0.25) is 14.4 Å². The standard InChI is InChI=1S/C76H136O6/c1-4-7-10-13-16-19-22-25-28-30-32-33-34-35-36-37-38-39-40-41-42-44-45-48-51-54-57-60-63-66-69-75(78)81-72-73(71-80-74(77)68-65-62-59-56-53-50-47-27-24-21-18-15-12-9-6-3)82-76(79)70-67-64-61-58-55-52-49-46-43-31-29-26-23-20-17-14-11-8-5-2/h8,11,17,20,26,29,43,46,52,55,61,64,73H,4-7,9-10,12-16,18-19,21-25,27-28,30-42,44-45,47-51,53-54,56-60,62-63,65-72H2,1-3H3/b11-8-,20-17-,29-26-,46-43-,55-52-,64-61-. The monoisotopic (exact) mass is 1150 g/mol. The van der Waals surface area contributed by atoms with Gasteiger partial charge in [-0.25, -0.2) is 0 Å². The van der Waals surface area contributed by atoms with Gasteiger partial charge >= 0.3 is 17.9 Å². The summed E-state index contributed by atoms with van der Waals surface area (Å²) in [6.07, 6.45) is 92.5. The largest absolute Gasteiger partial charge is 0.462 e. The first-order valence-corrected chi connectivity index (χ1v) is 35.9. The van der Waals surface area contributed by atoms with Gasteiger partial charge in [0.1, 0.15) is 13.2 Å². The fourth-order valence-corrected chi connectivity index (χ4v) is 10.7. The van der Waals surface area contributed by atoms with Crippen LogP contribution in [0.15, 0.2) is 72.9 Å². The first-order chi connectivity index (χ1) is 40.5. The van der Waals surface area contributed by atoms with Crippen molar-refractivity contribution in [1.29, 1.82) is 0 Å². The Morgan fingerprint density at radius 2 is 0.476 bits per heavy atom. The molecular formula is C76H136O6. The third-order valence-corrected chi connectivity index (χ3v) is 16.0. The highest BCUT2D eigenvalue weighted by Gasteiger charge is 2.19. The summed E-state index contributed by atoms with van der Waals surface area (Å²) in [5, 5.41) is 0. The zero-order valence-corrected chi connectivity index (χ0v) is 54.8. The molecule has 0 N–H and O–H groups in total. The van der Waals surface area contributed by atoms with E-state index in [0.29, 0.717) is 19.3 Å². The minimum Gasteiger partial charge on any atom is -0.462 e. The van der Waals surface area contributed by atoms with E-state index in [-0.39, 0.29) is 37.5 Å². The molecule has 6 heteroatoms. The molecule has 0 aromatic heterocycles. The SMILES string of the molecule is CC/C=C\C/C=C\C/C=C\C/C=C\C/C=C\C/C=C\CCC(=O)OC(COC(=O)CCCCCCCCCCCCCCCCC)COC(=O)CCCCCCCCCCCCCCCCCCCCCCCCCCCCCCCC. The molecular weight excluding hydrogens is 1010 g/mol. The van der Waals surface area contributed by atoms with Gasteiger partial charge in [0.25, 0.3) is 0 Å². The molecule has 1 atom stereocenters. The van der Waals surface area contributed by atoms with Crippen LogP contribution in [0.5, 0.6) is 0 Å². The molecule has 0 aromatic carbocycles. The van der Waals surface area contributed by atoms with E-state index in [4.69, 9.17) is 14.2 Å². The highest BCUT2D eigenvalue weighted by Crippen LogP contribution is 2.19. The Hall–Kier alpha value is -3.15. The molecule has 0 spiro atoms. The van der Waals surface area contributed by atoms with Gasteiger partial charge in [-0.2, -0.15) is 0 Å². The quantitative estimate of drug-likeness (QED) is 0.0261. The van der Waals surface area contributed by atoms with E-state index in [9.17, 15) is 14.4 Å². The van der Waals surface area contributed by atoms with Gasteiger partial charge in [0, 0.05) is 19.3 Å². The summed E-state index contributed by atoms with van der Waals surface area (Å²) in [4.78, 5) is 38.4. The Morgan fingerprint density at radius 1 is 0.256 bits per heavy atom. The molecule has 0 saturated heterocycles. The summed E-state index contributed by atoms with van der Waals surface area (Å²) in [6.45, 7) is 6.53. The van der Waals surface area contributed by atoms with Crippen molar-refractivity contribution in [2.24, 2.45) is 0 Å². The van der Waals surface area contributed by atoms with E-state index in [1.165, 1.54) is 250 Å². The summed E-state index contributed by atoms with van der Waals surface area (Å²) in [6, 6.07) is 0. The van der Waals surface area contributed by atoms with Crippen LogP contribution in [0.25, 0.3) is 0 Å². The third kappa shape index (κ3) is 67.6. The second kappa shape index (κ2) is 70.3. The van der Waals surface area contributed by atoms with E-state index in [1.807, 2.05) is 6.08 Å². The van der Waals surface area contributed by atoms with E-state index in [0.717, 1.165) is 77.0 Å². The normalized spacial score (nSPS) is 12.5. The van der Waals surface area contributed by atoms with Gasteiger partial charge in [0.05, 0.1) is 0 Å². The number of allylic oxidation sites excluding steroid dienone is 12. The summed E-state index contributed by atoms with van der Waals surface area (Å²) in [5.41, 5.74) is 0. The number of unbranched alkanes of at least 4 members (excludes halogenated alkanes) is 43. The first-order valence-electron chi connectivity index (χ1n) is 35.9. The lowest BCUT2D eigenvalue weighted by Crippen LogP contribution is -2.30. The van der Waals surface area contributed by atoms with Crippen LogP contribution < -0.4 is 0 Å².